The van der Waals surface area contributed by atoms with Crippen molar-refractivity contribution in [3.05, 3.63) is 59.2 Å². The highest BCUT2D eigenvalue weighted by atomic mass is 19.4. The van der Waals surface area contributed by atoms with Gasteiger partial charge < -0.3 is 5.32 Å². The van der Waals surface area contributed by atoms with Crippen molar-refractivity contribution in [2.75, 3.05) is 13.6 Å². The van der Waals surface area contributed by atoms with E-state index in [1.165, 1.54) is 18.2 Å². The van der Waals surface area contributed by atoms with Crippen molar-refractivity contribution < 1.29 is 26.3 Å². The van der Waals surface area contributed by atoms with E-state index in [4.69, 9.17) is 0 Å². The SMILES string of the molecule is CNCCCC(CC1=CC(C(F)(F)F)CC=C1)c1cccc(C(F)(F)F)c1. The lowest BCUT2D eigenvalue weighted by Gasteiger charge is -2.23. The number of allylic oxidation sites excluding steroid dienone is 4. The van der Waals surface area contributed by atoms with Gasteiger partial charge in [-0.05, 0) is 56.8 Å². The molecule has 1 aliphatic rings. The van der Waals surface area contributed by atoms with Crippen LogP contribution in [-0.4, -0.2) is 19.8 Å². The van der Waals surface area contributed by atoms with E-state index in [2.05, 4.69) is 5.32 Å². The number of hydrogen-bond donors (Lipinski definition) is 1. The van der Waals surface area contributed by atoms with Crippen LogP contribution in [0, 0.1) is 5.92 Å². The highest BCUT2D eigenvalue weighted by Gasteiger charge is 2.38. The van der Waals surface area contributed by atoms with E-state index in [1.807, 2.05) is 0 Å². The molecule has 0 heterocycles. The normalized spacial score (nSPS) is 19.1. The Bertz CT molecular complexity index is 672. The van der Waals surface area contributed by atoms with Gasteiger partial charge in [-0.1, -0.05) is 42.0 Å². The third kappa shape index (κ3) is 6.41. The molecule has 27 heavy (non-hydrogen) atoms. The molecule has 1 aliphatic carbocycles. The van der Waals surface area contributed by atoms with Gasteiger partial charge in [0.15, 0.2) is 0 Å². The Morgan fingerprint density at radius 2 is 1.89 bits per heavy atom. The molecule has 0 amide bonds. The maximum Gasteiger partial charge on any atom is 0.416 e. The van der Waals surface area contributed by atoms with Crippen molar-refractivity contribution in [1.82, 2.24) is 5.32 Å². The Morgan fingerprint density at radius 1 is 1.15 bits per heavy atom. The second-order valence-corrected chi connectivity index (χ2v) is 6.80. The van der Waals surface area contributed by atoms with Crippen LogP contribution in [-0.2, 0) is 6.18 Å². The van der Waals surface area contributed by atoms with E-state index >= 15 is 0 Å². The highest BCUT2D eigenvalue weighted by Crippen LogP contribution is 2.38. The number of rotatable bonds is 7. The van der Waals surface area contributed by atoms with Gasteiger partial charge in [0.2, 0.25) is 0 Å². The summed E-state index contributed by atoms with van der Waals surface area (Å²) in [5.41, 5.74) is 0.291. The highest BCUT2D eigenvalue weighted by molar-refractivity contribution is 5.32. The molecule has 2 atom stereocenters. The number of hydrogen-bond acceptors (Lipinski definition) is 1. The van der Waals surface area contributed by atoms with E-state index < -0.39 is 23.8 Å². The van der Waals surface area contributed by atoms with Crippen LogP contribution in [0.2, 0.25) is 0 Å². The van der Waals surface area contributed by atoms with Crippen LogP contribution in [0.5, 0.6) is 0 Å². The van der Waals surface area contributed by atoms with Crippen LogP contribution in [0.3, 0.4) is 0 Å². The molecule has 1 aromatic rings. The molecule has 0 spiro atoms. The van der Waals surface area contributed by atoms with E-state index in [-0.39, 0.29) is 18.8 Å². The summed E-state index contributed by atoms with van der Waals surface area (Å²) in [6.07, 6.45) is -2.91. The summed E-state index contributed by atoms with van der Waals surface area (Å²) in [4.78, 5) is 0. The monoisotopic (exact) mass is 391 g/mol. The average molecular weight is 391 g/mol. The lowest BCUT2D eigenvalue weighted by molar-refractivity contribution is -0.160. The molecule has 1 aromatic carbocycles. The molecule has 1 N–H and O–H groups in total. The van der Waals surface area contributed by atoms with E-state index in [0.717, 1.165) is 18.6 Å². The molecule has 0 radical (unpaired) electrons. The molecule has 7 heteroatoms. The van der Waals surface area contributed by atoms with Gasteiger partial charge in [-0.15, -0.1) is 0 Å². The van der Waals surface area contributed by atoms with Crippen molar-refractivity contribution in [3.8, 4) is 0 Å². The van der Waals surface area contributed by atoms with Crippen molar-refractivity contribution in [2.24, 2.45) is 5.92 Å². The summed E-state index contributed by atoms with van der Waals surface area (Å²) in [6, 6.07) is 5.09. The van der Waals surface area contributed by atoms with Crippen LogP contribution in [0.25, 0.3) is 0 Å². The molecule has 0 aliphatic heterocycles. The molecule has 0 saturated heterocycles. The summed E-state index contributed by atoms with van der Waals surface area (Å²) in [6.45, 7) is 0.690. The number of benzene rings is 1. The Hall–Kier alpha value is -1.76. The Morgan fingerprint density at radius 3 is 2.52 bits per heavy atom. The first-order chi connectivity index (χ1) is 12.6. The second kappa shape index (κ2) is 8.95. The Balaban J connectivity index is 2.25. The van der Waals surface area contributed by atoms with Crippen LogP contribution >= 0.6 is 0 Å². The number of nitrogens with one attached hydrogen (secondary N) is 1. The van der Waals surface area contributed by atoms with Crippen molar-refractivity contribution in [3.63, 3.8) is 0 Å². The molecule has 2 unspecified atom stereocenters. The van der Waals surface area contributed by atoms with E-state index in [1.54, 1.807) is 19.2 Å². The topological polar surface area (TPSA) is 12.0 Å². The van der Waals surface area contributed by atoms with Crippen LogP contribution in [0.1, 0.15) is 42.7 Å². The van der Waals surface area contributed by atoms with Crippen molar-refractivity contribution in [2.45, 2.75) is 44.0 Å². The largest absolute Gasteiger partial charge is 0.416 e. The maximum absolute atomic E-state index is 13.0. The fourth-order valence-electron chi connectivity index (χ4n) is 3.28. The standard InChI is InChI=1S/C20H23F6N/c1-27-10-4-7-15(16-6-3-9-18(13-16)20(24,25)26)11-14-5-2-8-17(12-14)19(21,22)23/h2-3,5-6,9,12-13,15,17,27H,4,7-8,10-11H2,1H3. The summed E-state index contributed by atoms with van der Waals surface area (Å²) >= 11 is 0. The Labute approximate surface area is 155 Å². The quantitative estimate of drug-likeness (QED) is 0.428. The minimum Gasteiger partial charge on any atom is -0.320 e. The van der Waals surface area contributed by atoms with Gasteiger partial charge in [0.1, 0.15) is 0 Å². The predicted octanol–water partition coefficient (Wildman–Crippen LogP) is 6.24. The van der Waals surface area contributed by atoms with E-state index in [0.29, 0.717) is 24.1 Å². The first-order valence-corrected chi connectivity index (χ1v) is 8.87. The molecule has 1 nitrogen and oxygen atoms in total. The van der Waals surface area contributed by atoms with E-state index in [9.17, 15) is 26.3 Å². The zero-order chi connectivity index (χ0) is 20.1. The molecule has 2 rings (SSSR count). The second-order valence-electron chi connectivity index (χ2n) is 6.80. The van der Waals surface area contributed by atoms with Crippen molar-refractivity contribution in [1.29, 1.82) is 0 Å². The van der Waals surface area contributed by atoms with Gasteiger partial charge in [-0.25, -0.2) is 0 Å². The maximum atomic E-state index is 13.0. The van der Waals surface area contributed by atoms with Crippen LogP contribution in [0.15, 0.2) is 48.1 Å². The molecule has 0 fully saturated rings. The van der Waals surface area contributed by atoms with Gasteiger partial charge in [0.05, 0.1) is 11.5 Å². The predicted molar refractivity (Wildman–Crippen MR) is 93.3 cm³/mol. The summed E-state index contributed by atoms with van der Waals surface area (Å²) in [5, 5.41) is 2.98. The zero-order valence-corrected chi connectivity index (χ0v) is 15.0. The number of alkyl halides is 6. The molecular weight excluding hydrogens is 368 g/mol. The lowest BCUT2D eigenvalue weighted by atomic mass is 9.84. The fourth-order valence-corrected chi connectivity index (χ4v) is 3.28. The molecule has 0 saturated carbocycles. The first kappa shape index (κ1) is 21.5. The van der Waals surface area contributed by atoms with Gasteiger partial charge in [0.25, 0.3) is 0 Å². The minimum atomic E-state index is -4.45. The molecule has 0 aromatic heterocycles. The first-order valence-electron chi connectivity index (χ1n) is 8.87. The zero-order valence-electron chi connectivity index (χ0n) is 15.0. The molecule has 0 bridgehead atoms. The van der Waals surface area contributed by atoms with Crippen LogP contribution < -0.4 is 5.32 Å². The Kier molecular flexibility index (Phi) is 7.14. The van der Waals surface area contributed by atoms with Crippen LogP contribution in [0.4, 0.5) is 26.3 Å². The molecular formula is C20H23F6N. The molecule has 150 valence electrons. The van der Waals surface area contributed by atoms with Gasteiger partial charge in [-0.2, -0.15) is 26.3 Å². The minimum absolute atomic E-state index is 0.0962. The van der Waals surface area contributed by atoms with Crippen molar-refractivity contribution >= 4 is 0 Å². The fraction of sp³-hybridized carbons (Fsp3) is 0.500. The third-order valence-electron chi connectivity index (χ3n) is 4.70. The van der Waals surface area contributed by atoms with Gasteiger partial charge in [-0.3, -0.25) is 0 Å². The average Bonchev–Trinajstić information content (AvgIpc) is 2.60. The van der Waals surface area contributed by atoms with Gasteiger partial charge in [0, 0.05) is 0 Å². The third-order valence-corrected chi connectivity index (χ3v) is 4.70. The van der Waals surface area contributed by atoms with Gasteiger partial charge >= 0.3 is 12.4 Å². The summed E-state index contributed by atoms with van der Waals surface area (Å²) in [5.74, 6) is -1.81. The summed E-state index contributed by atoms with van der Waals surface area (Å²) < 4.78 is 78.1. The number of halogens is 6. The lowest BCUT2D eigenvalue weighted by Crippen LogP contribution is -2.22. The summed E-state index contributed by atoms with van der Waals surface area (Å²) in [7, 11) is 1.78. The smallest absolute Gasteiger partial charge is 0.320 e.